The standard InChI is InChI=1S/C21H24BrN3O3S/c1-13-19(29-14(2)23-13)20(26)24-18(21(27)25-11-7-4-8-12-25)17(22)15-9-5-6-10-16(15)28-3/h5-6,9-10H,4,7-8,11-12H2,1-3H3,(H,24,26). The van der Waals surface area contributed by atoms with E-state index in [-0.39, 0.29) is 17.5 Å². The number of benzene rings is 1. The SMILES string of the molecule is COc1ccccc1C(Br)=C(NC(=O)c1sc(C)nc1C)C(=O)N1CCCCC1. The topological polar surface area (TPSA) is 71.5 Å². The molecule has 1 fully saturated rings. The first kappa shape index (κ1) is 21.5. The van der Waals surface area contributed by atoms with E-state index in [0.29, 0.717) is 39.5 Å². The molecule has 2 aromatic rings. The molecule has 154 valence electrons. The molecule has 1 aliphatic rings. The van der Waals surface area contributed by atoms with Gasteiger partial charge < -0.3 is 15.0 Å². The van der Waals surface area contributed by atoms with Gasteiger partial charge in [0.1, 0.15) is 16.3 Å². The van der Waals surface area contributed by atoms with Gasteiger partial charge in [0.2, 0.25) is 0 Å². The molecule has 0 spiro atoms. The van der Waals surface area contributed by atoms with Gasteiger partial charge in [-0.1, -0.05) is 18.2 Å². The van der Waals surface area contributed by atoms with Gasteiger partial charge in [-0.25, -0.2) is 4.98 Å². The monoisotopic (exact) mass is 477 g/mol. The summed E-state index contributed by atoms with van der Waals surface area (Å²) in [6.07, 6.45) is 3.04. The van der Waals surface area contributed by atoms with E-state index in [4.69, 9.17) is 4.74 Å². The van der Waals surface area contributed by atoms with Gasteiger partial charge >= 0.3 is 0 Å². The molecule has 1 aromatic carbocycles. The number of nitrogens with zero attached hydrogens (tertiary/aromatic N) is 2. The number of likely N-dealkylation sites (tertiary alicyclic amines) is 1. The average Bonchev–Trinajstić information content (AvgIpc) is 3.09. The van der Waals surface area contributed by atoms with Gasteiger partial charge in [0, 0.05) is 18.7 Å². The van der Waals surface area contributed by atoms with E-state index in [1.165, 1.54) is 11.3 Å². The molecule has 0 bridgehead atoms. The Hall–Kier alpha value is -2.19. The van der Waals surface area contributed by atoms with Gasteiger partial charge in [0.15, 0.2) is 0 Å². The van der Waals surface area contributed by atoms with Crippen LogP contribution in [-0.4, -0.2) is 41.9 Å². The summed E-state index contributed by atoms with van der Waals surface area (Å²) in [5.74, 6) is 0.0809. The number of para-hydroxylation sites is 1. The highest BCUT2D eigenvalue weighted by atomic mass is 79.9. The smallest absolute Gasteiger partial charge is 0.271 e. The maximum atomic E-state index is 13.3. The van der Waals surface area contributed by atoms with Crippen LogP contribution < -0.4 is 10.1 Å². The van der Waals surface area contributed by atoms with Crippen molar-refractivity contribution >= 4 is 43.6 Å². The Balaban J connectivity index is 2.02. The Kier molecular flexibility index (Phi) is 7.08. The molecule has 3 rings (SSSR count). The normalized spacial score (nSPS) is 15.0. The van der Waals surface area contributed by atoms with E-state index in [1.807, 2.05) is 31.2 Å². The van der Waals surface area contributed by atoms with E-state index in [2.05, 4.69) is 26.2 Å². The minimum absolute atomic E-state index is 0.199. The predicted molar refractivity (Wildman–Crippen MR) is 118 cm³/mol. The minimum atomic E-state index is -0.333. The maximum Gasteiger partial charge on any atom is 0.271 e. The largest absolute Gasteiger partial charge is 0.496 e. The third-order valence-corrected chi connectivity index (χ3v) is 6.66. The number of nitrogens with one attached hydrogen (secondary N) is 1. The zero-order valence-corrected chi connectivity index (χ0v) is 19.2. The first-order valence-corrected chi connectivity index (χ1v) is 11.1. The number of aryl methyl sites for hydroxylation is 2. The van der Waals surface area contributed by atoms with E-state index in [1.54, 1.807) is 18.9 Å². The van der Waals surface area contributed by atoms with Crippen molar-refractivity contribution in [2.75, 3.05) is 20.2 Å². The number of amides is 2. The molecule has 1 aliphatic heterocycles. The lowest BCUT2D eigenvalue weighted by atomic mass is 10.1. The van der Waals surface area contributed by atoms with Crippen molar-refractivity contribution < 1.29 is 14.3 Å². The molecular weight excluding hydrogens is 454 g/mol. The third kappa shape index (κ3) is 4.87. The number of carbonyl (C=O) groups is 2. The molecule has 0 atom stereocenters. The van der Waals surface area contributed by atoms with Gasteiger partial charge in [0.25, 0.3) is 11.8 Å². The number of carbonyl (C=O) groups excluding carboxylic acids is 2. The van der Waals surface area contributed by atoms with Crippen molar-refractivity contribution in [1.29, 1.82) is 0 Å². The molecule has 2 heterocycles. The molecule has 0 aliphatic carbocycles. The quantitative estimate of drug-likeness (QED) is 0.652. The summed E-state index contributed by atoms with van der Waals surface area (Å²) in [5, 5.41) is 3.66. The summed E-state index contributed by atoms with van der Waals surface area (Å²) < 4.78 is 5.94. The van der Waals surface area contributed by atoms with E-state index in [9.17, 15) is 9.59 Å². The Bertz CT molecular complexity index is 948. The Morgan fingerprint density at radius 1 is 1.17 bits per heavy atom. The second kappa shape index (κ2) is 9.54. The van der Waals surface area contributed by atoms with Crippen LogP contribution in [0.15, 0.2) is 30.0 Å². The maximum absolute atomic E-state index is 13.3. The van der Waals surface area contributed by atoms with Crippen LogP contribution in [0.4, 0.5) is 0 Å². The van der Waals surface area contributed by atoms with E-state index >= 15 is 0 Å². The van der Waals surface area contributed by atoms with Crippen molar-refractivity contribution in [1.82, 2.24) is 15.2 Å². The Morgan fingerprint density at radius 3 is 2.48 bits per heavy atom. The fourth-order valence-corrected chi connectivity index (χ4v) is 4.74. The molecule has 8 heteroatoms. The molecule has 0 saturated carbocycles. The van der Waals surface area contributed by atoms with E-state index in [0.717, 1.165) is 24.3 Å². The number of hydrogen-bond acceptors (Lipinski definition) is 5. The van der Waals surface area contributed by atoms with Crippen LogP contribution >= 0.6 is 27.3 Å². The first-order chi connectivity index (χ1) is 13.9. The Labute approximate surface area is 183 Å². The molecule has 0 radical (unpaired) electrons. The van der Waals surface area contributed by atoms with Gasteiger partial charge in [-0.05, 0) is 55.1 Å². The van der Waals surface area contributed by atoms with Crippen LogP contribution in [0.3, 0.4) is 0 Å². The van der Waals surface area contributed by atoms with Crippen LogP contribution in [-0.2, 0) is 4.79 Å². The van der Waals surface area contributed by atoms with Gasteiger partial charge in [-0.15, -0.1) is 11.3 Å². The highest BCUT2D eigenvalue weighted by Crippen LogP contribution is 2.33. The molecular formula is C21H24BrN3O3S. The van der Waals surface area contributed by atoms with Gasteiger partial charge in [-0.3, -0.25) is 9.59 Å². The number of halogens is 1. The third-order valence-electron chi connectivity index (χ3n) is 4.77. The number of aromatic nitrogens is 1. The minimum Gasteiger partial charge on any atom is -0.496 e. The molecule has 2 amide bonds. The van der Waals surface area contributed by atoms with Crippen LogP contribution in [0, 0.1) is 13.8 Å². The fraction of sp³-hybridized carbons (Fsp3) is 0.381. The van der Waals surface area contributed by atoms with Crippen molar-refractivity contribution in [3.8, 4) is 5.75 Å². The summed E-state index contributed by atoms with van der Waals surface area (Å²) in [4.78, 5) is 32.9. The summed E-state index contributed by atoms with van der Waals surface area (Å²) >= 11 is 4.88. The number of thiazole rings is 1. The van der Waals surface area contributed by atoms with Crippen molar-refractivity contribution in [3.63, 3.8) is 0 Å². The highest BCUT2D eigenvalue weighted by Gasteiger charge is 2.27. The van der Waals surface area contributed by atoms with Crippen LogP contribution in [0.5, 0.6) is 5.75 Å². The van der Waals surface area contributed by atoms with Crippen molar-refractivity contribution in [2.24, 2.45) is 0 Å². The first-order valence-electron chi connectivity index (χ1n) is 9.50. The van der Waals surface area contributed by atoms with Crippen molar-refractivity contribution in [3.05, 3.63) is 51.1 Å². The second-order valence-corrected chi connectivity index (χ2v) is 8.84. The number of piperidine rings is 1. The lowest BCUT2D eigenvalue weighted by molar-refractivity contribution is -0.128. The van der Waals surface area contributed by atoms with Crippen LogP contribution in [0.1, 0.15) is 45.2 Å². The van der Waals surface area contributed by atoms with Crippen LogP contribution in [0.25, 0.3) is 4.48 Å². The fourth-order valence-electron chi connectivity index (χ4n) is 3.33. The Morgan fingerprint density at radius 2 is 1.86 bits per heavy atom. The van der Waals surface area contributed by atoms with Gasteiger partial charge in [0.05, 0.1) is 22.3 Å². The molecule has 1 aromatic heterocycles. The average molecular weight is 478 g/mol. The summed E-state index contributed by atoms with van der Waals surface area (Å²) in [5.41, 5.74) is 1.57. The van der Waals surface area contributed by atoms with Crippen LogP contribution in [0.2, 0.25) is 0 Å². The number of rotatable bonds is 5. The number of hydrogen-bond donors (Lipinski definition) is 1. The van der Waals surface area contributed by atoms with Crippen molar-refractivity contribution in [2.45, 2.75) is 33.1 Å². The molecule has 6 nitrogen and oxygen atoms in total. The molecule has 1 saturated heterocycles. The predicted octanol–water partition coefficient (Wildman–Crippen LogP) is 4.27. The molecule has 29 heavy (non-hydrogen) atoms. The molecule has 0 unspecified atom stereocenters. The zero-order chi connectivity index (χ0) is 21.0. The second-order valence-electron chi connectivity index (χ2n) is 6.84. The zero-order valence-electron chi connectivity index (χ0n) is 16.8. The summed E-state index contributed by atoms with van der Waals surface area (Å²) in [6.45, 7) is 5.02. The summed E-state index contributed by atoms with van der Waals surface area (Å²) in [7, 11) is 1.58. The number of methoxy groups -OCH3 is 1. The number of ether oxygens (including phenoxy) is 1. The molecule has 1 N–H and O–H groups in total. The highest BCUT2D eigenvalue weighted by molar-refractivity contribution is 9.15. The summed E-state index contributed by atoms with van der Waals surface area (Å²) in [6, 6.07) is 7.39. The van der Waals surface area contributed by atoms with E-state index < -0.39 is 0 Å². The lowest BCUT2D eigenvalue weighted by Crippen LogP contribution is -2.41. The van der Waals surface area contributed by atoms with Gasteiger partial charge in [-0.2, -0.15) is 0 Å². The lowest BCUT2D eigenvalue weighted by Gasteiger charge is -2.28.